The normalized spacial score (nSPS) is 15.8. The Balaban J connectivity index is 1.69. The van der Waals surface area contributed by atoms with Crippen LogP contribution in [0.1, 0.15) is 41.1 Å². The summed E-state index contributed by atoms with van der Waals surface area (Å²) in [7, 11) is 1.72. The van der Waals surface area contributed by atoms with E-state index in [-0.39, 0.29) is 24.1 Å². The monoisotopic (exact) mass is 429 g/mol. The number of anilines is 1. The van der Waals surface area contributed by atoms with Crippen LogP contribution < -0.4 is 5.32 Å². The predicted octanol–water partition coefficient (Wildman–Crippen LogP) is 4.67. The number of amides is 2. The van der Waals surface area contributed by atoms with Crippen molar-refractivity contribution in [3.8, 4) is 6.07 Å². The molecule has 0 aliphatic heterocycles. The van der Waals surface area contributed by atoms with E-state index in [0.29, 0.717) is 29.8 Å². The van der Waals surface area contributed by atoms with Crippen LogP contribution in [0.25, 0.3) is 6.08 Å². The quantitative estimate of drug-likeness (QED) is 0.701. The summed E-state index contributed by atoms with van der Waals surface area (Å²) in [5, 5.41) is 14.9. The van der Waals surface area contributed by atoms with Crippen molar-refractivity contribution in [1.29, 1.82) is 5.26 Å². The summed E-state index contributed by atoms with van der Waals surface area (Å²) in [5.41, 5.74) is 1.48. The number of nitrogens with zero attached hydrogens (tertiary/aromatic N) is 2. The summed E-state index contributed by atoms with van der Waals surface area (Å²) in [6, 6.07) is 6.14. The molecule has 0 aromatic carbocycles. The number of carbonyl (C=O) groups excluding carboxylic acids is 2. The molecule has 152 valence electrons. The van der Waals surface area contributed by atoms with Crippen molar-refractivity contribution < 1.29 is 14.3 Å². The zero-order valence-electron chi connectivity index (χ0n) is 16.6. The third kappa shape index (κ3) is 5.05. The maximum Gasteiger partial charge on any atom is 0.410 e. The Morgan fingerprint density at radius 3 is 2.90 bits per heavy atom. The molecule has 1 aliphatic carbocycles. The standard InChI is InChI=1S/C21H23N3O3S2/c1-13(2)24(3)21(26)27-14-6-8-16-17(12-22)20(29-18(16)11-14)23-19(25)9-7-15-5-4-10-28-15/h4-5,7,9-10,13-14H,6,8,11H2,1-3H3,(H,23,25)/b9-7+. The average molecular weight is 430 g/mol. The molecule has 8 heteroatoms. The molecule has 6 nitrogen and oxygen atoms in total. The fourth-order valence-electron chi connectivity index (χ4n) is 3.00. The van der Waals surface area contributed by atoms with Gasteiger partial charge in [0.05, 0.1) is 5.56 Å². The number of ether oxygens (including phenoxy) is 1. The minimum atomic E-state index is -0.335. The van der Waals surface area contributed by atoms with Gasteiger partial charge < -0.3 is 15.0 Å². The highest BCUT2D eigenvalue weighted by Crippen LogP contribution is 2.38. The zero-order chi connectivity index (χ0) is 21.0. The second-order valence-electron chi connectivity index (χ2n) is 7.11. The van der Waals surface area contributed by atoms with Crippen LogP contribution in [0.3, 0.4) is 0 Å². The molecule has 0 radical (unpaired) electrons. The highest BCUT2D eigenvalue weighted by atomic mass is 32.1. The summed E-state index contributed by atoms with van der Waals surface area (Å²) in [6.07, 6.45) is 4.55. The smallest absolute Gasteiger partial charge is 0.410 e. The Hall–Kier alpha value is -2.63. The third-order valence-corrected chi connectivity index (χ3v) is 6.85. The summed E-state index contributed by atoms with van der Waals surface area (Å²) in [4.78, 5) is 28.0. The minimum absolute atomic E-state index is 0.0672. The molecule has 1 atom stereocenters. The lowest BCUT2D eigenvalue weighted by molar-refractivity contribution is -0.111. The van der Waals surface area contributed by atoms with Crippen molar-refractivity contribution in [1.82, 2.24) is 4.90 Å². The third-order valence-electron chi connectivity index (χ3n) is 4.84. The van der Waals surface area contributed by atoms with Gasteiger partial charge in [0.1, 0.15) is 17.2 Å². The molecular weight excluding hydrogens is 406 g/mol. The van der Waals surface area contributed by atoms with E-state index in [1.165, 1.54) is 17.4 Å². The van der Waals surface area contributed by atoms with Gasteiger partial charge in [-0.1, -0.05) is 6.07 Å². The first kappa shape index (κ1) is 21.1. The maximum absolute atomic E-state index is 12.3. The molecule has 2 aromatic heterocycles. The van der Waals surface area contributed by atoms with Crippen LogP contribution in [0.4, 0.5) is 9.80 Å². The molecule has 2 amide bonds. The number of hydrogen-bond acceptors (Lipinski definition) is 6. The molecule has 0 saturated heterocycles. The van der Waals surface area contributed by atoms with Crippen LogP contribution in [0.5, 0.6) is 0 Å². The largest absolute Gasteiger partial charge is 0.446 e. The second kappa shape index (κ2) is 9.25. The number of nitrogens with one attached hydrogen (secondary N) is 1. The fraction of sp³-hybridized carbons (Fsp3) is 0.381. The van der Waals surface area contributed by atoms with Crippen molar-refractivity contribution in [2.45, 2.75) is 45.3 Å². The van der Waals surface area contributed by atoms with E-state index in [9.17, 15) is 14.9 Å². The lowest BCUT2D eigenvalue weighted by Gasteiger charge is -2.27. The van der Waals surface area contributed by atoms with Gasteiger partial charge in [-0.2, -0.15) is 5.26 Å². The number of carbonyl (C=O) groups is 2. The minimum Gasteiger partial charge on any atom is -0.446 e. The van der Waals surface area contributed by atoms with Crippen LogP contribution in [-0.2, 0) is 22.4 Å². The number of hydrogen-bond donors (Lipinski definition) is 1. The van der Waals surface area contributed by atoms with Crippen molar-refractivity contribution in [2.24, 2.45) is 0 Å². The molecule has 29 heavy (non-hydrogen) atoms. The van der Waals surface area contributed by atoms with E-state index < -0.39 is 0 Å². The first-order valence-electron chi connectivity index (χ1n) is 9.39. The molecule has 0 bridgehead atoms. The molecule has 0 fully saturated rings. The number of rotatable bonds is 5. The molecule has 3 rings (SSSR count). The lowest BCUT2D eigenvalue weighted by atomic mass is 9.94. The summed E-state index contributed by atoms with van der Waals surface area (Å²) < 4.78 is 5.63. The molecule has 1 N–H and O–H groups in total. The number of thiophene rings is 2. The summed E-state index contributed by atoms with van der Waals surface area (Å²) in [6.45, 7) is 3.86. The first-order valence-corrected chi connectivity index (χ1v) is 11.1. The van der Waals surface area contributed by atoms with Crippen LogP contribution in [0.2, 0.25) is 0 Å². The van der Waals surface area contributed by atoms with Gasteiger partial charge in [-0.05, 0) is 49.8 Å². The van der Waals surface area contributed by atoms with Gasteiger partial charge in [-0.25, -0.2) is 4.79 Å². The van der Waals surface area contributed by atoms with Gasteiger partial charge in [-0.15, -0.1) is 22.7 Å². The topological polar surface area (TPSA) is 82.4 Å². The Morgan fingerprint density at radius 1 is 1.45 bits per heavy atom. The van der Waals surface area contributed by atoms with Gasteiger partial charge in [0.15, 0.2) is 0 Å². The predicted molar refractivity (Wildman–Crippen MR) is 116 cm³/mol. The van der Waals surface area contributed by atoms with Gasteiger partial charge in [0.25, 0.3) is 0 Å². The Kier molecular flexibility index (Phi) is 6.72. The SMILES string of the molecule is CC(C)N(C)C(=O)OC1CCc2c(sc(NC(=O)/C=C/c3cccs3)c2C#N)C1. The van der Waals surface area contributed by atoms with Gasteiger partial charge in [-0.3, -0.25) is 4.79 Å². The van der Waals surface area contributed by atoms with Crippen molar-refractivity contribution in [3.63, 3.8) is 0 Å². The Morgan fingerprint density at radius 2 is 2.24 bits per heavy atom. The van der Waals surface area contributed by atoms with Gasteiger partial charge in [0.2, 0.25) is 5.91 Å². The van der Waals surface area contributed by atoms with E-state index in [2.05, 4.69) is 11.4 Å². The van der Waals surface area contributed by atoms with Crippen molar-refractivity contribution >= 4 is 45.8 Å². The molecule has 1 unspecified atom stereocenters. The van der Waals surface area contributed by atoms with E-state index in [4.69, 9.17) is 4.74 Å². The highest BCUT2D eigenvalue weighted by molar-refractivity contribution is 7.16. The zero-order valence-corrected chi connectivity index (χ0v) is 18.2. The fourth-order valence-corrected chi connectivity index (χ4v) is 4.88. The number of fused-ring (bicyclic) bond motifs is 1. The highest BCUT2D eigenvalue weighted by Gasteiger charge is 2.29. The molecule has 0 spiro atoms. The lowest BCUT2D eigenvalue weighted by Crippen LogP contribution is -2.37. The van der Waals surface area contributed by atoms with E-state index in [0.717, 1.165) is 15.3 Å². The molecule has 0 saturated carbocycles. The molecular formula is C21H23N3O3S2. The Labute approximate surface area is 178 Å². The van der Waals surface area contributed by atoms with Crippen LogP contribution in [0, 0.1) is 11.3 Å². The summed E-state index contributed by atoms with van der Waals surface area (Å²) in [5.74, 6) is -0.268. The summed E-state index contributed by atoms with van der Waals surface area (Å²) >= 11 is 2.94. The maximum atomic E-state index is 12.3. The second-order valence-corrected chi connectivity index (χ2v) is 9.20. The first-order chi connectivity index (χ1) is 13.9. The van der Waals surface area contributed by atoms with Crippen molar-refractivity contribution in [2.75, 3.05) is 12.4 Å². The van der Waals surface area contributed by atoms with Crippen LogP contribution >= 0.6 is 22.7 Å². The molecule has 1 aliphatic rings. The van der Waals surface area contributed by atoms with Crippen LogP contribution in [-0.4, -0.2) is 36.1 Å². The van der Waals surface area contributed by atoms with Gasteiger partial charge in [0, 0.05) is 35.3 Å². The van der Waals surface area contributed by atoms with E-state index in [1.54, 1.807) is 29.4 Å². The average Bonchev–Trinajstić information content (AvgIpc) is 3.32. The van der Waals surface area contributed by atoms with E-state index in [1.807, 2.05) is 31.4 Å². The molecule has 2 heterocycles. The number of nitriles is 1. The van der Waals surface area contributed by atoms with Crippen molar-refractivity contribution in [3.05, 3.63) is 44.5 Å². The Bertz CT molecular complexity index is 955. The van der Waals surface area contributed by atoms with Gasteiger partial charge >= 0.3 is 6.09 Å². The van der Waals surface area contributed by atoms with E-state index >= 15 is 0 Å². The molecule has 2 aromatic rings. The van der Waals surface area contributed by atoms with Crippen LogP contribution in [0.15, 0.2) is 23.6 Å².